The summed E-state index contributed by atoms with van der Waals surface area (Å²) in [5, 5.41) is 3.08. The predicted molar refractivity (Wildman–Crippen MR) is 107 cm³/mol. The lowest BCUT2D eigenvalue weighted by Gasteiger charge is -2.37. The Labute approximate surface area is 165 Å². The molecule has 0 aliphatic carbocycles. The molecule has 1 fully saturated rings. The Morgan fingerprint density at radius 1 is 1.14 bits per heavy atom. The number of hydrogen-bond donors (Lipinski definition) is 1. The Morgan fingerprint density at radius 2 is 1.86 bits per heavy atom. The highest BCUT2D eigenvalue weighted by molar-refractivity contribution is 5.81. The molecular weight excluding hydrogens is 355 g/mol. The SMILES string of the molecule is CC(=O)N1CC(C(=O)NC(C)c2ccccc2)CC(c2ccc(F)c(C)c2)C1. The van der Waals surface area contributed by atoms with E-state index in [4.69, 9.17) is 0 Å². The zero-order valence-corrected chi connectivity index (χ0v) is 16.6. The number of rotatable bonds is 4. The summed E-state index contributed by atoms with van der Waals surface area (Å²) < 4.78 is 13.7. The van der Waals surface area contributed by atoms with Crippen molar-refractivity contribution in [2.45, 2.75) is 39.2 Å². The van der Waals surface area contributed by atoms with Crippen molar-refractivity contribution in [3.05, 3.63) is 71.0 Å². The van der Waals surface area contributed by atoms with Crippen LogP contribution in [-0.2, 0) is 9.59 Å². The van der Waals surface area contributed by atoms with Gasteiger partial charge in [-0.25, -0.2) is 4.39 Å². The van der Waals surface area contributed by atoms with E-state index in [9.17, 15) is 14.0 Å². The number of halogens is 1. The first-order valence-electron chi connectivity index (χ1n) is 9.72. The van der Waals surface area contributed by atoms with E-state index in [-0.39, 0.29) is 35.5 Å². The summed E-state index contributed by atoms with van der Waals surface area (Å²) in [5.74, 6) is -0.614. The molecule has 5 heteroatoms. The standard InChI is InChI=1S/C23H27FN2O2/c1-15-11-19(9-10-22(15)24)20-12-21(14-26(13-20)17(3)27)23(28)25-16(2)18-7-5-4-6-8-18/h4-11,16,20-21H,12-14H2,1-3H3,(H,25,28). The number of benzene rings is 2. The summed E-state index contributed by atoms with van der Waals surface area (Å²) in [6.07, 6.45) is 0.641. The highest BCUT2D eigenvalue weighted by atomic mass is 19.1. The summed E-state index contributed by atoms with van der Waals surface area (Å²) in [7, 11) is 0. The molecule has 3 rings (SSSR count). The Bertz CT molecular complexity index is 853. The molecule has 1 saturated heterocycles. The number of hydrogen-bond acceptors (Lipinski definition) is 2. The van der Waals surface area contributed by atoms with Crippen LogP contribution in [-0.4, -0.2) is 29.8 Å². The van der Waals surface area contributed by atoms with Gasteiger partial charge < -0.3 is 10.2 Å². The first-order valence-corrected chi connectivity index (χ1v) is 9.72. The summed E-state index contributed by atoms with van der Waals surface area (Å²) in [5.41, 5.74) is 2.59. The maximum Gasteiger partial charge on any atom is 0.225 e. The van der Waals surface area contributed by atoms with E-state index < -0.39 is 0 Å². The third-order valence-corrected chi connectivity index (χ3v) is 5.58. The fourth-order valence-electron chi connectivity index (χ4n) is 3.87. The number of aryl methyl sites for hydroxylation is 1. The molecule has 0 spiro atoms. The molecular formula is C23H27FN2O2. The van der Waals surface area contributed by atoms with E-state index in [0.717, 1.165) is 11.1 Å². The van der Waals surface area contributed by atoms with Gasteiger partial charge in [-0.3, -0.25) is 9.59 Å². The van der Waals surface area contributed by atoms with Crippen molar-refractivity contribution in [2.24, 2.45) is 5.92 Å². The average Bonchev–Trinajstić information content (AvgIpc) is 2.70. The van der Waals surface area contributed by atoms with Crippen molar-refractivity contribution in [1.82, 2.24) is 10.2 Å². The number of carbonyl (C=O) groups excluding carboxylic acids is 2. The number of nitrogens with one attached hydrogen (secondary N) is 1. The maximum atomic E-state index is 13.7. The molecule has 3 atom stereocenters. The van der Waals surface area contributed by atoms with E-state index in [2.05, 4.69) is 5.32 Å². The molecule has 2 aromatic carbocycles. The normalized spacial score (nSPS) is 20.5. The van der Waals surface area contributed by atoms with E-state index in [1.54, 1.807) is 17.9 Å². The largest absolute Gasteiger partial charge is 0.349 e. The second kappa shape index (κ2) is 8.55. The summed E-state index contributed by atoms with van der Waals surface area (Å²) in [6, 6.07) is 14.8. The number of carbonyl (C=O) groups is 2. The van der Waals surface area contributed by atoms with Crippen LogP contribution >= 0.6 is 0 Å². The van der Waals surface area contributed by atoms with Crippen LogP contribution in [0.15, 0.2) is 48.5 Å². The quantitative estimate of drug-likeness (QED) is 0.870. The van der Waals surface area contributed by atoms with Gasteiger partial charge in [-0.2, -0.15) is 0 Å². The lowest BCUT2D eigenvalue weighted by molar-refractivity contribution is -0.134. The topological polar surface area (TPSA) is 49.4 Å². The Balaban J connectivity index is 1.76. The third kappa shape index (κ3) is 4.58. The van der Waals surface area contributed by atoms with Crippen molar-refractivity contribution in [1.29, 1.82) is 0 Å². The second-order valence-corrected chi connectivity index (χ2v) is 7.70. The van der Waals surface area contributed by atoms with Gasteiger partial charge in [0.05, 0.1) is 12.0 Å². The average molecular weight is 382 g/mol. The molecule has 1 aliphatic rings. The molecule has 0 radical (unpaired) electrons. The number of piperidine rings is 1. The maximum absolute atomic E-state index is 13.7. The summed E-state index contributed by atoms with van der Waals surface area (Å²) >= 11 is 0. The van der Waals surface area contributed by atoms with Crippen LogP contribution in [0.4, 0.5) is 4.39 Å². The first kappa shape index (κ1) is 20.1. The van der Waals surface area contributed by atoms with Crippen LogP contribution in [0.5, 0.6) is 0 Å². The molecule has 28 heavy (non-hydrogen) atoms. The molecule has 2 aromatic rings. The Morgan fingerprint density at radius 3 is 2.50 bits per heavy atom. The second-order valence-electron chi connectivity index (χ2n) is 7.70. The molecule has 0 saturated carbocycles. The molecule has 3 unspecified atom stereocenters. The van der Waals surface area contributed by atoms with Gasteiger partial charge in [0.1, 0.15) is 5.82 Å². The minimum Gasteiger partial charge on any atom is -0.349 e. The lowest BCUT2D eigenvalue weighted by Crippen LogP contribution is -2.47. The van der Waals surface area contributed by atoms with Crippen molar-refractivity contribution < 1.29 is 14.0 Å². The zero-order chi connectivity index (χ0) is 20.3. The van der Waals surface area contributed by atoms with Gasteiger partial charge in [0, 0.05) is 25.9 Å². The van der Waals surface area contributed by atoms with Crippen LogP contribution in [0.1, 0.15) is 48.9 Å². The first-order chi connectivity index (χ1) is 13.3. The fourth-order valence-corrected chi connectivity index (χ4v) is 3.87. The van der Waals surface area contributed by atoms with Crippen molar-refractivity contribution in [2.75, 3.05) is 13.1 Å². The molecule has 0 aromatic heterocycles. The molecule has 1 N–H and O–H groups in total. The van der Waals surface area contributed by atoms with Crippen LogP contribution in [0, 0.1) is 18.7 Å². The number of likely N-dealkylation sites (tertiary alicyclic amines) is 1. The van der Waals surface area contributed by atoms with Gasteiger partial charge in [-0.1, -0.05) is 42.5 Å². The van der Waals surface area contributed by atoms with E-state index in [1.807, 2.05) is 43.3 Å². The van der Waals surface area contributed by atoms with E-state index in [0.29, 0.717) is 25.1 Å². The van der Waals surface area contributed by atoms with E-state index in [1.165, 1.54) is 13.0 Å². The van der Waals surface area contributed by atoms with Gasteiger partial charge in [0.25, 0.3) is 0 Å². The van der Waals surface area contributed by atoms with Gasteiger partial charge in [-0.05, 0) is 43.0 Å². The predicted octanol–water partition coefficient (Wildman–Crippen LogP) is 3.96. The van der Waals surface area contributed by atoms with Crippen LogP contribution in [0.25, 0.3) is 0 Å². The number of amides is 2. The van der Waals surface area contributed by atoms with Crippen LogP contribution in [0.3, 0.4) is 0 Å². The van der Waals surface area contributed by atoms with Gasteiger partial charge in [-0.15, -0.1) is 0 Å². The third-order valence-electron chi connectivity index (χ3n) is 5.58. The van der Waals surface area contributed by atoms with Crippen LogP contribution < -0.4 is 5.32 Å². The molecule has 2 amide bonds. The summed E-state index contributed by atoms with van der Waals surface area (Å²) in [4.78, 5) is 26.7. The van der Waals surface area contributed by atoms with Crippen molar-refractivity contribution in [3.8, 4) is 0 Å². The summed E-state index contributed by atoms with van der Waals surface area (Å²) in [6.45, 7) is 6.19. The Kier molecular flexibility index (Phi) is 6.12. The zero-order valence-electron chi connectivity index (χ0n) is 16.6. The highest BCUT2D eigenvalue weighted by Crippen LogP contribution is 2.32. The van der Waals surface area contributed by atoms with Crippen molar-refractivity contribution >= 4 is 11.8 Å². The minimum atomic E-state index is -0.292. The molecule has 1 aliphatic heterocycles. The van der Waals surface area contributed by atoms with Crippen LogP contribution in [0.2, 0.25) is 0 Å². The van der Waals surface area contributed by atoms with Gasteiger partial charge in [0.15, 0.2) is 0 Å². The van der Waals surface area contributed by atoms with E-state index >= 15 is 0 Å². The lowest BCUT2D eigenvalue weighted by atomic mass is 9.83. The van der Waals surface area contributed by atoms with Gasteiger partial charge in [0.2, 0.25) is 11.8 Å². The molecule has 1 heterocycles. The molecule has 148 valence electrons. The smallest absolute Gasteiger partial charge is 0.225 e. The molecule has 0 bridgehead atoms. The van der Waals surface area contributed by atoms with Gasteiger partial charge >= 0.3 is 0 Å². The highest BCUT2D eigenvalue weighted by Gasteiger charge is 2.34. The minimum absolute atomic E-state index is 0.0136. The number of nitrogens with zero attached hydrogens (tertiary/aromatic N) is 1. The Hall–Kier alpha value is -2.69. The monoisotopic (exact) mass is 382 g/mol. The van der Waals surface area contributed by atoms with Crippen molar-refractivity contribution in [3.63, 3.8) is 0 Å². The fraction of sp³-hybridized carbons (Fsp3) is 0.391. The molecule has 4 nitrogen and oxygen atoms in total.